The number of hydrogen-bond donors (Lipinski definition) is 1. The SMILES string of the molecule is COC1CC(C(=O)O)N(C(=O)c2cc3cc(Br)cc(C)c3o2)C1. The average molecular weight is 382 g/mol. The van der Waals surface area contributed by atoms with Crippen LogP contribution in [0.2, 0.25) is 0 Å². The Morgan fingerprint density at radius 2 is 2.13 bits per heavy atom. The summed E-state index contributed by atoms with van der Waals surface area (Å²) in [7, 11) is 1.51. The number of rotatable bonds is 3. The molecule has 3 rings (SSSR count). The van der Waals surface area contributed by atoms with Gasteiger partial charge in [-0.2, -0.15) is 0 Å². The van der Waals surface area contributed by atoms with Gasteiger partial charge in [0, 0.05) is 29.9 Å². The Labute approximate surface area is 141 Å². The first-order valence-corrected chi connectivity index (χ1v) is 7.96. The summed E-state index contributed by atoms with van der Waals surface area (Å²) in [6, 6.07) is 4.51. The van der Waals surface area contributed by atoms with E-state index in [1.165, 1.54) is 12.0 Å². The van der Waals surface area contributed by atoms with Crippen molar-refractivity contribution in [2.45, 2.75) is 25.5 Å². The van der Waals surface area contributed by atoms with Crippen LogP contribution in [-0.2, 0) is 9.53 Å². The molecule has 1 amide bonds. The van der Waals surface area contributed by atoms with Crippen molar-refractivity contribution in [2.75, 3.05) is 13.7 Å². The number of fused-ring (bicyclic) bond motifs is 1. The van der Waals surface area contributed by atoms with Crippen LogP contribution >= 0.6 is 15.9 Å². The van der Waals surface area contributed by atoms with Crippen LogP contribution < -0.4 is 0 Å². The molecule has 1 aliphatic heterocycles. The van der Waals surface area contributed by atoms with E-state index in [-0.39, 0.29) is 24.8 Å². The molecule has 1 fully saturated rings. The molecular formula is C16H16BrNO5. The van der Waals surface area contributed by atoms with E-state index >= 15 is 0 Å². The van der Waals surface area contributed by atoms with E-state index in [0.29, 0.717) is 5.58 Å². The number of carboxylic acids is 1. The number of aliphatic carboxylic acids is 1. The number of benzene rings is 1. The Balaban J connectivity index is 1.96. The van der Waals surface area contributed by atoms with E-state index in [1.54, 1.807) is 6.07 Å². The number of halogens is 1. The predicted octanol–water partition coefficient (Wildman–Crippen LogP) is 2.82. The van der Waals surface area contributed by atoms with Gasteiger partial charge in [-0.05, 0) is 30.7 Å². The fraction of sp³-hybridized carbons (Fsp3) is 0.375. The molecule has 1 N–H and O–H groups in total. The molecule has 7 heteroatoms. The summed E-state index contributed by atoms with van der Waals surface area (Å²) in [5.41, 5.74) is 1.53. The number of ether oxygens (including phenoxy) is 1. The molecule has 2 atom stereocenters. The van der Waals surface area contributed by atoms with Gasteiger partial charge in [-0.25, -0.2) is 4.79 Å². The van der Waals surface area contributed by atoms with Gasteiger partial charge in [-0.3, -0.25) is 4.79 Å². The standard InChI is InChI=1S/C16H16BrNO5/c1-8-3-10(17)4-9-5-13(23-14(8)9)15(19)18-7-11(22-2)6-12(18)16(20)21/h3-5,11-12H,6-7H2,1-2H3,(H,20,21). The van der Waals surface area contributed by atoms with Gasteiger partial charge in [0.15, 0.2) is 5.76 Å². The second-order valence-corrected chi connectivity index (χ2v) is 6.57. The maximum atomic E-state index is 12.7. The third kappa shape index (κ3) is 2.86. The molecule has 2 unspecified atom stereocenters. The van der Waals surface area contributed by atoms with E-state index in [2.05, 4.69) is 15.9 Å². The summed E-state index contributed by atoms with van der Waals surface area (Å²) in [5, 5.41) is 10.1. The van der Waals surface area contributed by atoms with Crippen LogP contribution in [0.3, 0.4) is 0 Å². The fourth-order valence-corrected chi connectivity index (χ4v) is 3.55. The summed E-state index contributed by atoms with van der Waals surface area (Å²) in [6.07, 6.45) is 0.00264. The number of amides is 1. The number of carbonyl (C=O) groups excluding carboxylic acids is 1. The molecular weight excluding hydrogens is 366 g/mol. The van der Waals surface area contributed by atoms with Crippen molar-refractivity contribution in [1.29, 1.82) is 0 Å². The molecule has 1 aromatic heterocycles. The van der Waals surface area contributed by atoms with Crippen LogP contribution in [0, 0.1) is 6.92 Å². The zero-order valence-electron chi connectivity index (χ0n) is 12.7. The van der Waals surface area contributed by atoms with Gasteiger partial charge in [-0.1, -0.05) is 15.9 Å². The first kappa shape index (κ1) is 16.0. The highest BCUT2D eigenvalue weighted by molar-refractivity contribution is 9.10. The maximum Gasteiger partial charge on any atom is 0.326 e. The summed E-state index contributed by atoms with van der Waals surface area (Å²) in [4.78, 5) is 25.4. The van der Waals surface area contributed by atoms with Crippen molar-refractivity contribution >= 4 is 38.8 Å². The van der Waals surface area contributed by atoms with Crippen molar-refractivity contribution in [2.24, 2.45) is 0 Å². The van der Waals surface area contributed by atoms with E-state index in [1.807, 2.05) is 19.1 Å². The van der Waals surface area contributed by atoms with Crippen LogP contribution in [0.25, 0.3) is 11.0 Å². The van der Waals surface area contributed by atoms with Crippen LogP contribution in [0.1, 0.15) is 22.5 Å². The van der Waals surface area contributed by atoms with Crippen molar-refractivity contribution in [1.82, 2.24) is 4.90 Å². The van der Waals surface area contributed by atoms with Crippen LogP contribution in [0.5, 0.6) is 0 Å². The Bertz CT molecular complexity index is 784. The monoisotopic (exact) mass is 381 g/mol. The first-order chi connectivity index (χ1) is 10.9. The molecule has 0 aliphatic carbocycles. The van der Waals surface area contributed by atoms with Gasteiger partial charge in [0.2, 0.25) is 0 Å². The van der Waals surface area contributed by atoms with E-state index < -0.39 is 17.9 Å². The zero-order valence-corrected chi connectivity index (χ0v) is 14.3. The summed E-state index contributed by atoms with van der Waals surface area (Å²) in [5.74, 6) is -1.32. The van der Waals surface area contributed by atoms with Crippen molar-refractivity contribution in [3.05, 3.63) is 34.0 Å². The molecule has 1 aliphatic rings. The van der Waals surface area contributed by atoms with E-state index in [9.17, 15) is 14.7 Å². The number of aryl methyl sites for hydroxylation is 1. The molecule has 2 heterocycles. The molecule has 0 radical (unpaired) electrons. The second kappa shape index (κ2) is 5.98. The lowest BCUT2D eigenvalue weighted by Gasteiger charge is -2.19. The average Bonchev–Trinajstić information content (AvgIpc) is 3.10. The first-order valence-electron chi connectivity index (χ1n) is 7.17. The molecule has 1 aromatic carbocycles. The van der Waals surface area contributed by atoms with Crippen molar-refractivity contribution in [3.8, 4) is 0 Å². The molecule has 1 saturated heterocycles. The third-order valence-electron chi connectivity index (χ3n) is 4.12. The zero-order chi connectivity index (χ0) is 16.7. The number of nitrogens with zero attached hydrogens (tertiary/aromatic N) is 1. The lowest BCUT2D eigenvalue weighted by Crippen LogP contribution is -2.40. The Morgan fingerprint density at radius 1 is 1.39 bits per heavy atom. The minimum Gasteiger partial charge on any atom is -0.480 e. The lowest BCUT2D eigenvalue weighted by atomic mass is 10.2. The second-order valence-electron chi connectivity index (χ2n) is 5.66. The van der Waals surface area contributed by atoms with Crippen LogP contribution in [0.4, 0.5) is 0 Å². The third-order valence-corrected chi connectivity index (χ3v) is 4.58. The Hall–Kier alpha value is -1.86. The van der Waals surface area contributed by atoms with Gasteiger partial charge in [0.05, 0.1) is 6.10 Å². The topological polar surface area (TPSA) is 80.0 Å². The lowest BCUT2D eigenvalue weighted by molar-refractivity contribution is -0.141. The Morgan fingerprint density at radius 3 is 2.78 bits per heavy atom. The Kier molecular flexibility index (Phi) is 4.16. The minimum atomic E-state index is -1.03. The number of carbonyl (C=O) groups is 2. The highest BCUT2D eigenvalue weighted by atomic mass is 79.9. The summed E-state index contributed by atoms with van der Waals surface area (Å²) in [6.45, 7) is 2.13. The van der Waals surface area contributed by atoms with Gasteiger partial charge in [0.25, 0.3) is 5.91 Å². The van der Waals surface area contributed by atoms with E-state index in [4.69, 9.17) is 9.15 Å². The number of hydrogen-bond acceptors (Lipinski definition) is 4. The number of furan rings is 1. The molecule has 0 bridgehead atoms. The summed E-state index contributed by atoms with van der Waals surface area (Å²) < 4.78 is 11.8. The van der Waals surface area contributed by atoms with Gasteiger partial charge >= 0.3 is 5.97 Å². The number of carboxylic acid groups (broad SMARTS) is 1. The molecule has 0 saturated carbocycles. The van der Waals surface area contributed by atoms with Crippen molar-refractivity contribution in [3.63, 3.8) is 0 Å². The van der Waals surface area contributed by atoms with Gasteiger partial charge in [0.1, 0.15) is 11.6 Å². The van der Waals surface area contributed by atoms with Gasteiger partial charge in [-0.15, -0.1) is 0 Å². The predicted molar refractivity (Wildman–Crippen MR) is 86.5 cm³/mol. The molecule has 23 heavy (non-hydrogen) atoms. The molecule has 6 nitrogen and oxygen atoms in total. The quantitative estimate of drug-likeness (QED) is 0.883. The van der Waals surface area contributed by atoms with E-state index in [0.717, 1.165) is 15.4 Å². The van der Waals surface area contributed by atoms with Crippen molar-refractivity contribution < 1.29 is 23.8 Å². The number of methoxy groups -OCH3 is 1. The molecule has 2 aromatic rings. The number of likely N-dealkylation sites (tertiary alicyclic amines) is 1. The normalized spacial score (nSPS) is 21.1. The smallest absolute Gasteiger partial charge is 0.326 e. The minimum absolute atomic E-state index is 0.143. The highest BCUT2D eigenvalue weighted by Crippen LogP contribution is 2.29. The molecule has 0 spiro atoms. The highest BCUT2D eigenvalue weighted by Gasteiger charge is 2.41. The van der Waals surface area contributed by atoms with Gasteiger partial charge < -0.3 is 19.2 Å². The van der Waals surface area contributed by atoms with Crippen LogP contribution in [-0.4, -0.2) is 47.7 Å². The summed E-state index contributed by atoms with van der Waals surface area (Å²) >= 11 is 3.41. The largest absolute Gasteiger partial charge is 0.480 e. The maximum absolute atomic E-state index is 12.7. The fourth-order valence-electron chi connectivity index (χ4n) is 2.96. The molecule has 122 valence electrons. The van der Waals surface area contributed by atoms with Crippen LogP contribution in [0.15, 0.2) is 27.1 Å².